The Labute approximate surface area is 194 Å². The van der Waals surface area contributed by atoms with Crippen LogP contribution in [0.4, 0.5) is 0 Å². The van der Waals surface area contributed by atoms with Gasteiger partial charge in [-0.25, -0.2) is 0 Å². The van der Waals surface area contributed by atoms with E-state index in [2.05, 4.69) is 32.6 Å². The monoisotopic (exact) mass is 479 g/mol. The smallest absolute Gasteiger partial charge is 0.311 e. The SMILES string of the molecule is CCCC(C)(C)OP(=O)(CC(C)(C)C)SCCOC(=O)C(C)(C)CCN1CCOCC1. The van der Waals surface area contributed by atoms with Crippen LogP contribution in [0.5, 0.6) is 0 Å². The summed E-state index contributed by atoms with van der Waals surface area (Å²) in [5.41, 5.74) is -1.08. The lowest BCUT2D eigenvalue weighted by Gasteiger charge is -2.33. The minimum atomic E-state index is -2.92. The van der Waals surface area contributed by atoms with E-state index in [1.54, 1.807) is 0 Å². The quantitative estimate of drug-likeness (QED) is 0.187. The molecule has 0 N–H and O–H groups in total. The molecule has 0 aromatic carbocycles. The first-order valence-electron chi connectivity index (χ1n) is 11.6. The summed E-state index contributed by atoms with van der Waals surface area (Å²) in [5, 5.41) is 0. The maximum atomic E-state index is 13.6. The molecule has 1 rings (SSSR count). The first-order valence-corrected chi connectivity index (χ1v) is 15.0. The number of hydrogen-bond donors (Lipinski definition) is 0. The van der Waals surface area contributed by atoms with Gasteiger partial charge in [-0.1, -0.05) is 45.5 Å². The molecule has 0 radical (unpaired) electrons. The van der Waals surface area contributed by atoms with Crippen LogP contribution in [0, 0.1) is 10.8 Å². The van der Waals surface area contributed by atoms with E-state index in [9.17, 15) is 9.36 Å². The van der Waals surface area contributed by atoms with Gasteiger partial charge in [-0.2, -0.15) is 0 Å². The number of esters is 1. The van der Waals surface area contributed by atoms with Gasteiger partial charge in [0, 0.05) is 25.0 Å². The van der Waals surface area contributed by atoms with Gasteiger partial charge in [0.15, 0.2) is 0 Å². The summed E-state index contributed by atoms with van der Waals surface area (Å²) in [6, 6.07) is 0. The first-order chi connectivity index (χ1) is 14.2. The summed E-state index contributed by atoms with van der Waals surface area (Å²) in [7, 11) is 0. The molecule has 1 fully saturated rings. The highest BCUT2D eigenvalue weighted by Crippen LogP contribution is 2.64. The normalized spacial score (nSPS) is 18.6. The van der Waals surface area contributed by atoms with Gasteiger partial charge in [0.2, 0.25) is 0 Å². The van der Waals surface area contributed by atoms with Crippen LogP contribution in [0.3, 0.4) is 0 Å². The average Bonchev–Trinajstić information content (AvgIpc) is 2.62. The molecule has 0 bridgehead atoms. The van der Waals surface area contributed by atoms with E-state index in [1.165, 1.54) is 11.4 Å². The molecule has 0 aromatic heterocycles. The van der Waals surface area contributed by atoms with Crippen molar-refractivity contribution in [3.63, 3.8) is 0 Å². The zero-order valence-electron chi connectivity index (χ0n) is 21.1. The van der Waals surface area contributed by atoms with Crippen LogP contribution in [-0.4, -0.2) is 67.8 Å². The minimum Gasteiger partial charge on any atom is -0.464 e. The predicted octanol–water partition coefficient (Wildman–Crippen LogP) is 5.85. The predicted molar refractivity (Wildman–Crippen MR) is 131 cm³/mol. The van der Waals surface area contributed by atoms with E-state index >= 15 is 0 Å². The summed E-state index contributed by atoms with van der Waals surface area (Å²) >= 11 is 1.33. The molecular weight excluding hydrogens is 433 g/mol. The fourth-order valence-electron chi connectivity index (χ4n) is 3.58. The third-order valence-electron chi connectivity index (χ3n) is 5.22. The van der Waals surface area contributed by atoms with Crippen molar-refractivity contribution in [1.29, 1.82) is 0 Å². The molecule has 184 valence electrons. The van der Waals surface area contributed by atoms with E-state index < -0.39 is 17.6 Å². The van der Waals surface area contributed by atoms with Gasteiger partial charge >= 0.3 is 5.97 Å². The molecule has 1 atom stereocenters. The standard InChI is InChI=1S/C23H46NO5PS/c1-9-10-23(7,8)29-30(26,19-21(2,3)4)31-18-17-28-20(25)22(5,6)11-12-24-13-15-27-16-14-24/h9-19H2,1-8H3. The number of rotatable bonds is 13. The zero-order valence-corrected chi connectivity index (χ0v) is 22.8. The van der Waals surface area contributed by atoms with Gasteiger partial charge in [-0.05, 0) is 52.5 Å². The number of carbonyl (C=O) groups is 1. The molecule has 1 aliphatic rings. The van der Waals surface area contributed by atoms with Crippen LogP contribution >= 0.6 is 18.0 Å². The Morgan fingerprint density at radius 1 is 1.06 bits per heavy atom. The summed E-state index contributed by atoms with van der Waals surface area (Å²) in [6.45, 7) is 17.7. The highest BCUT2D eigenvalue weighted by Gasteiger charge is 2.36. The Bertz CT molecular complexity index is 597. The first kappa shape index (κ1) is 29.0. The maximum Gasteiger partial charge on any atom is 0.311 e. The summed E-state index contributed by atoms with van der Waals surface area (Å²) in [6.07, 6.45) is 3.07. The molecule has 0 saturated carbocycles. The summed E-state index contributed by atoms with van der Waals surface area (Å²) in [5.74, 6) is 0.278. The number of ether oxygens (including phenoxy) is 2. The molecule has 0 aromatic rings. The highest BCUT2D eigenvalue weighted by atomic mass is 32.7. The molecule has 6 nitrogen and oxygen atoms in total. The van der Waals surface area contributed by atoms with Crippen molar-refractivity contribution in [3.05, 3.63) is 0 Å². The molecule has 8 heteroatoms. The van der Waals surface area contributed by atoms with Crippen molar-refractivity contribution < 1.29 is 23.4 Å². The Morgan fingerprint density at radius 2 is 1.68 bits per heavy atom. The number of carbonyl (C=O) groups excluding carboxylic acids is 1. The fraction of sp³-hybridized carbons (Fsp3) is 0.957. The van der Waals surface area contributed by atoms with Gasteiger partial charge in [-0.15, -0.1) is 0 Å². The Morgan fingerprint density at radius 3 is 2.23 bits per heavy atom. The third kappa shape index (κ3) is 12.1. The largest absolute Gasteiger partial charge is 0.464 e. The van der Waals surface area contributed by atoms with Gasteiger partial charge in [0.05, 0.1) is 24.2 Å². The highest BCUT2D eigenvalue weighted by molar-refractivity contribution is 8.56. The van der Waals surface area contributed by atoms with E-state index in [0.29, 0.717) is 11.9 Å². The van der Waals surface area contributed by atoms with Crippen molar-refractivity contribution >= 4 is 23.9 Å². The second kappa shape index (κ2) is 12.4. The minimum absolute atomic E-state index is 0.108. The van der Waals surface area contributed by atoms with E-state index in [0.717, 1.165) is 52.1 Å². The zero-order chi connectivity index (χ0) is 23.8. The Kier molecular flexibility index (Phi) is 11.6. The van der Waals surface area contributed by atoms with Crippen LogP contribution in [0.15, 0.2) is 0 Å². The molecule has 0 aliphatic carbocycles. The fourth-order valence-corrected chi connectivity index (χ4v) is 9.49. The lowest BCUT2D eigenvalue weighted by molar-refractivity contribution is -0.153. The van der Waals surface area contributed by atoms with Crippen molar-refractivity contribution in [1.82, 2.24) is 4.90 Å². The molecule has 0 amide bonds. The lowest BCUT2D eigenvalue weighted by Crippen LogP contribution is -2.39. The van der Waals surface area contributed by atoms with Gasteiger partial charge < -0.3 is 14.0 Å². The van der Waals surface area contributed by atoms with E-state index in [4.69, 9.17) is 14.0 Å². The second-order valence-corrected chi connectivity index (χ2v) is 15.8. The van der Waals surface area contributed by atoms with Crippen molar-refractivity contribution in [2.45, 2.75) is 80.3 Å². The van der Waals surface area contributed by atoms with Gasteiger partial charge in [0.1, 0.15) is 6.61 Å². The van der Waals surface area contributed by atoms with Gasteiger partial charge in [-0.3, -0.25) is 14.3 Å². The topological polar surface area (TPSA) is 65.1 Å². The molecule has 1 heterocycles. The van der Waals surface area contributed by atoms with Crippen LogP contribution in [-0.2, 0) is 23.4 Å². The Hall–Kier alpha value is -0.0700. The lowest BCUT2D eigenvalue weighted by atomic mass is 9.89. The number of morpholine rings is 1. The van der Waals surface area contributed by atoms with E-state index in [1.807, 2.05) is 27.7 Å². The molecule has 1 unspecified atom stereocenters. The number of nitrogens with zero attached hydrogens (tertiary/aromatic N) is 1. The molecule has 1 aliphatic heterocycles. The molecule has 1 saturated heterocycles. The number of hydrogen-bond acceptors (Lipinski definition) is 7. The second-order valence-electron chi connectivity index (χ2n) is 11.0. The third-order valence-corrected chi connectivity index (χ3v) is 10.4. The molecular formula is C23H46NO5PS. The van der Waals surface area contributed by atoms with Crippen molar-refractivity contribution in [2.24, 2.45) is 10.8 Å². The van der Waals surface area contributed by atoms with Gasteiger partial charge in [0.25, 0.3) is 6.57 Å². The van der Waals surface area contributed by atoms with Crippen molar-refractivity contribution in [2.75, 3.05) is 51.4 Å². The van der Waals surface area contributed by atoms with Crippen LogP contribution < -0.4 is 0 Å². The summed E-state index contributed by atoms with van der Waals surface area (Å²) < 4.78 is 30.8. The molecule has 31 heavy (non-hydrogen) atoms. The Balaban J connectivity index is 2.53. The van der Waals surface area contributed by atoms with Crippen molar-refractivity contribution in [3.8, 4) is 0 Å². The van der Waals surface area contributed by atoms with Crippen LogP contribution in [0.25, 0.3) is 0 Å². The molecule has 0 spiro atoms. The van der Waals surface area contributed by atoms with Crippen LogP contribution in [0.2, 0.25) is 0 Å². The maximum absolute atomic E-state index is 13.6. The van der Waals surface area contributed by atoms with E-state index in [-0.39, 0.29) is 18.0 Å². The summed E-state index contributed by atoms with van der Waals surface area (Å²) in [4.78, 5) is 15.0. The average molecular weight is 480 g/mol. The van der Waals surface area contributed by atoms with Crippen LogP contribution in [0.1, 0.15) is 74.7 Å².